The second kappa shape index (κ2) is 26.5. The second-order valence-electron chi connectivity index (χ2n) is 14.5. The summed E-state index contributed by atoms with van der Waals surface area (Å²) in [6, 6.07) is 3.24. The van der Waals surface area contributed by atoms with Crippen LogP contribution in [0.15, 0.2) is 12.1 Å². The quantitative estimate of drug-likeness (QED) is 0.0249. The smallest absolute Gasteiger partial charge is 0.304 e. The molecule has 28 heteroatoms. The molecule has 0 fully saturated rings. The zero-order valence-corrected chi connectivity index (χ0v) is 48.7. The third-order valence-corrected chi connectivity index (χ3v) is 14.1. The first-order chi connectivity index (χ1) is 30.5. The second-order valence-corrected chi connectivity index (χ2v) is 21.3. The first-order valence-corrected chi connectivity index (χ1v) is 25.4. The summed E-state index contributed by atoms with van der Waals surface area (Å²) in [5.74, 6) is -7.57. The van der Waals surface area contributed by atoms with E-state index in [2.05, 4.69) is 31.9 Å². The highest BCUT2D eigenvalue weighted by molar-refractivity contribution is 14.1. The zero-order valence-electron chi connectivity index (χ0n) is 35.8. The molecule has 10 N–H and O–H groups in total. The van der Waals surface area contributed by atoms with Gasteiger partial charge in [0.2, 0.25) is 0 Å². The number of ether oxygens (including phenoxy) is 4. The van der Waals surface area contributed by atoms with Crippen LogP contribution in [0.4, 0.5) is 11.4 Å². The molecule has 2 aromatic rings. The summed E-state index contributed by atoms with van der Waals surface area (Å²) in [5.41, 5.74) is -8.54. The van der Waals surface area contributed by atoms with Crippen LogP contribution in [-0.2, 0) is 47.7 Å². The van der Waals surface area contributed by atoms with Gasteiger partial charge in [-0.2, -0.15) is 0 Å². The van der Waals surface area contributed by atoms with Crippen molar-refractivity contribution in [2.75, 3.05) is 63.4 Å². The number of hydrogen-bond acceptors (Lipinski definition) is 16. The van der Waals surface area contributed by atoms with E-state index >= 15 is 0 Å². The summed E-state index contributed by atoms with van der Waals surface area (Å²) in [4.78, 5) is 103. The Morgan fingerprint density at radius 3 is 1.14 bits per heavy atom. The molecule has 6 amide bonds. The van der Waals surface area contributed by atoms with Crippen LogP contribution in [0.25, 0.3) is 0 Å². The molecule has 4 atom stereocenters. The fourth-order valence-corrected chi connectivity index (χ4v) is 13.3. The van der Waals surface area contributed by atoms with Crippen LogP contribution >= 0.6 is 136 Å². The lowest BCUT2D eigenvalue weighted by atomic mass is 10.0. The molecule has 2 aromatic carbocycles. The molecular formula is C38H46I6N6O16. The SMILES string of the molecule is CC(=O)OC(C)(C(=O)Nc1c(I)cc(I)c(C(=O)NCCOCCOCCNC(=O)c2c(I)cc(I)c(NC(=O)C(C)(OC(C)=O)C(=O)NC(C)(O)CO)c2I)c1I)C(=O)NC(C)(O)CO. The van der Waals surface area contributed by atoms with Crippen LogP contribution in [0, 0.1) is 21.4 Å². The van der Waals surface area contributed by atoms with Crippen molar-refractivity contribution in [3.63, 3.8) is 0 Å². The Morgan fingerprint density at radius 2 is 0.848 bits per heavy atom. The van der Waals surface area contributed by atoms with Gasteiger partial charge >= 0.3 is 11.9 Å². The molecule has 2 rings (SSSR count). The van der Waals surface area contributed by atoms with Gasteiger partial charge < -0.3 is 71.3 Å². The van der Waals surface area contributed by atoms with Gasteiger partial charge in [0.05, 0.1) is 69.3 Å². The van der Waals surface area contributed by atoms with Crippen LogP contribution in [-0.4, -0.2) is 143 Å². The third kappa shape index (κ3) is 17.0. The normalized spacial score (nSPS) is 14.7. The highest BCUT2D eigenvalue weighted by Crippen LogP contribution is 2.34. The number of rotatable bonds is 23. The van der Waals surface area contributed by atoms with Gasteiger partial charge in [0, 0.05) is 41.2 Å². The van der Waals surface area contributed by atoms with Gasteiger partial charge in [-0.1, -0.05) is 0 Å². The number of aliphatic hydroxyl groups excluding tert-OH is 2. The molecule has 0 bridgehead atoms. The number of aliphatic hydroxyl groups is 4. The van der Waals surface area contributed by atoms with Crippen LogP contribution in [0.1, 0.15) is 62.3 Å². The van der Waals surface area contributed by atoms with Crippen LogP contribution < -0.4 is 31.9 Å². The van der Waals surface area contributed by atoms with Gasteiger partial charge in [-0.3, -0.25) is 38.4 Å². The van der Waals surface area contributed by atoms with Gasteiger partial charge in [0.15, 0.2) is 11.4 Å². The Labute approximate surface area is 460 Å². The maximum absolute atomic E-state index is 13.5. The Kier molecular flexibility index (Phi) is 24.3. The molecular weight excluding hydrogens is 1560 g/mol. The van der Waals surface area contributed by atoms with Gasteiger partial charge in [0.25, 0.3) is 46.6 Å². The maximum Gasteiger partial charge on any atom is 0.304 e. The zero-order chi connectivity index (χ0) is 50.5. The lowest BCUT2D eigenvalue weighted by Crippen LogP contribution is -2.61. The van der Waals surface area contributed by atoms with Crippen LogP contribution in [0.2, 0.25) is 0 Å². The van der Waals surface area contributed by atoms with Crippen molar-refractivity contribution < 1.29 is 77.7 Å². The average Bonchev–Trinajstić information content (AvgIpc) is 3.20. The Morgan fingerprint density at radius 1 is 0.530 bits per heavy atom. The van der Waals surface area contributed by atoms with Crippen molar-refractivity contribution in [3.05, 3.63) is 44.7 Å². The highest BCUT2D eigenvalue weighted by Gasteiger charge is 2.48. The van der Waals surface area contributed by atoms with E-state index in [9.17, 15) is 58.8 Å². The number of benzene rings is 2. The summed E-state index contributed by atoms with van der Waals surface area (Å²) in [6.45, 7) is 4.99. The minimum Gasteiger partial charge on any atom is -0.439 e. The molecule has 4 unspecified atom stereocenters. The van der Waals surface area contributed by atoms with Crippen molar-refractivity contribution in [1.29, 1.82) is 0 Å². The first kappa shape index (κ1) is 60.5. The molecule has 0 saturated heterocycles. The third-order valence-electron chi connectivity index (χ3n) is 8.52. The number of carbonyl (C=O) groups is 8. The van der Waals surface area contributed by atoms with Crippen molar-refractivity contribution in [2.24, 2.45) is 0 Å². The largest absolute Gasteiger partial charge is 0.439 e. The lowest BCUT2D eigenvalue weighted by molar-refractivity contribution is -0.173. The number of carbonyl (C=O) groups excluding carboxylic acids is 8. The Balaban J connectivity index is 1.97. The number of esters is 2. The predicted octanol–water partition coefficient (Wildman–Crippen LogP) is 1.66. The molecule has 0 aromatic heterocycles. The van der Waals surface area contributed by atoms with E-state index in [0.29, 0.717) is 21.4 Å². The molecule has 22 nitrogen and oxygen atoms in total. The van der Waals surface area contributed by atoms with E-state index in [0.717, 1.165) is 41.5 Å². The number of nitrogens with one attached hydrogen (secondary N) is 6. The van der Waals surface area contributed by atoms with Crippen molar-refractivity contribution >= 4 is 194 Å². The van der Waals surface area contributed by atoms with Gasteiger partial charge in [-0.25, -0.2) is 0 Å². The number of amides is 6. The number of hydrogen-bond donors (Lipinski definition) is 10. The van der Waals surface area contributed by atoms with Crippen LogP contribution in [0.5, 0.6) is 0 Å². The van der Waals surface area contributed by atoms with Crippen molar-refractivity contribution in [2.45, 2.75) is 64.2 Å². The fraction of sp³-hybridized carbons (Fsp3) is 0.474. The molecule has 0 aliphatic heterocycles. The minimum atomic E-state index is -2.48. The Hall–Kier alpha value is -1.66. The molecule has 366 valence electrons. The molecule has 0 spiro atoms. The molecule has 0 saturated carbocycles. The summed E-state index contributed by atoms with van der Waals surface area (Å²) < 4.78 is 24.0. The summed E-state index contributed by atoms with van der Waals surface area (Å²) >= 11 is 11.5. The summed E-state index contributed by atoms with van der Waals surface area (Å²) in [6.07, 6.45) is 0. The van der Waals surface area contributed by atoms with E-state index < -0.39 is 83.2 Å². The number of halogens is 6. The number of anilines is 2. The molecule has 0 heterocycles. The fourth-order valence-electron chi connectivity index (χ4n) is 5.04. The van der Waals surface area contributed by atoms with Crippen molar-refractivity contribution in [3.8, 4) is 0 Å². The van der Waals surface area contributed by atoms with Crippen molar-refractivity contribution in [1.82, 2.24) is 21.3 Å². The van der Waals surface area contributed by atoms with Gasteiger partial charge in [-0.15, -0.1) is 0 Å². The molecule has 66 heavy (non-hydrogen) atoms. The standard InChI is InChI=1S/C38H46I6N6O16/c1-17(53)65-37(5,33(59)49-35(3,61)15-51)31(57)47-27-21(41)13-19(39)23(25(27)43)29(55)45-7-9-63-11-12-64-10-8-46-30(56)24-20(40)14-22(42)28(26(24)44)48-32(58)38(6,66-18(2)54)34(60)50-36(4,62)16-52/h13-14,51-52,61-62H,7-12,15-16H2,1-6H3,(H,45,55)(H,46,56)(H,47,57)(H,48,58)(H,49,59)(H,50,60). The van der Waals surface area contributed by atoms with E-state index in [4.69, 9.17) is 18.9 Å². The topological polar surface area (TPSA) is 327 Å². The Bertz CT molecular complexity index is 2060. The molecule has 0 aliphatic carbocycles. The van der Waals surface area contributed by atoms with E-state index in [1.54, 1.807) is 12.1 Å². The minimum absolute atomic E-state index is 0.0853. The summed E-state index contributed by atoms with van der Waals surface area (Å²) in [5, 5.41) is 53.7. The predicted molar refractivity (Wildman–Crippen MR) is 285 cm³/mol. The maximum atomic E-state index is 13.5. The monoisotopic (exact) mass is 1600 g/mol. The first-order valence-electron chi connectivity index (χ1n) is 18.9. The highest BCUT2D eigenvalue weighted by atomic mass is 127. The van der Waals surface area contributed by atoms with E-state index in [-0.39, 0.29) is 62.0 Å². The van der Waals surface area contributed by atoms with Gasteiger partial charge in [0.1, 0.15) is 0 Å². The lowest BCUT2D eigenvalue weighted by Gasteiger charge is -2.31. The van der Waals surface area contributed by atoms with Gasteiger partial charge in [-0.05, 0) is 175 Å². The van der Waals surface area contributed by atoms with E-state index in [1.165, 1.54) is 0 Å². The molecule has 0 radical (unpaired) electrons. The van der Waals surface area contributed by atoms with Crippen LogP contribution in [0.3, 0.4) is 0 Å². The molecule has 0 aliphatic rings. The average molecular weight is 1600 g/mol. The summed E-state index contributed by atoms with van der Waals surface area (Å²) in [7, 11) is 0. The van der Waals surface area contributed by atoms with E-state index in [1.807, 2.05) is 136 Å².